The van der Waals surface area contributed by atoms with Gasteiger partial charge in [-0.2, -0.15) is 5.10 Å². The third-order valence-electron chi connectivity index (χ3n) is 5.17. The molecule has 2 heterocycles. The summed E-state index contributed by atoms with van der Waals surface area (Å²) < 4.78 is 4.22. The minimum absolute atomic E-state index is 0.0771. The normalized spacial score (nSPS) is 12.5. The summed E-state index contributed by atoms with van der Waals surface area (Å²) >= 11 is 0. The Labute approximate surface area is 155 Å². The van der Waals surface area contributed by atoms with Crippen molar-refractivity contribution >= 4 is 16.8 Å². The van der Waals surface area contributed by atoms with Crippen LogP contribution in [0.25, 0.3) is 10.9 Å². The van der Waals surface area contributed by atoms with E-state index in [2.05, 4.69) is 60.0 Å². The number of para-hydroxylation sites is 1. The molecule has 1 amide bonds. The number of benzene rings is 1. The lowest BCUT2D eigenvalue weighted by Crippen LogP contribution is -2.31. The van der Waals surface area contributed by atoms with Crippen molar-refractivity contribution in [3.63, 3.8) is 0 Å². The summed E-state index contributed by atoms with van der Waals surface area (Å²) in [5, 5.41) is 8.81. The van der Waals surface area contributed by atoms with Gasteiger partial charge in [0.05, 0.1) is 11.7 Å². The van der Waals surface area contributed by atoms with Crippen LogP contribution >= 0.6 is 0 Å². The van der Waals surface area contributed by atoms with E-state index in [4.69, 9.17) is 0 Å². The van der Waals surface area contributed by atoms with Gasteiger partial charge in [0, 0.05) is 41.8 Å². The summed E-state index contributed by atoms with van der Waals surface area (Å²) in [6, 6.07) is 10.6. The molecule has 0 spiro atoms. The number of hydrogen-bond donors (Lipinski definition) is 1. The van der Waals surface area contributed by atoms with Gasteiger partial charge >= 0.3 is 0 Å². The van der Waals surface area contributed by atoms with Crippen molar-refractivity contribution in [2.75, 3.05) is 6.54 Å². The Bertz CT molecular complexity index is 935. The van der Waals surface area contributed by atoms with Gasteiger partial charge in [-0.3, -0.25) is 9.48 Å². The number of carbonyl (C=O) groups is 1. The van der Waals surface area contributed by atoms with Crippen LogP contribution in [0.2, 0.25) is 0 Å². The van der Waals surface area contributed by atoms with Crippen LogP contribution < -0.4 is 5.32 Å². The average Bonchev–Trinajstić information content (AvgIpc) is 3.08. The zero-order valence-electron chi connectivity index (χ0n) is 16.3. The third-order valence-corrected chi connectivity index (χ3v) is 5.17. The summed E-state index contributed by atoms with van der Waals surface area (Å²) in [7, 11) is 0. The lowest BCUT2D eigenvalue weighted by molar-refractivity contribution is -0.121. The van der Waals surface area contributed by atoms with E-state index >= 15 is 0 Å². The van der Waals surface area contributed by atoms with Crippen LogP contribution in [-0.4, -0.2) is 26.8 Å². The molecule has 5 nitrogen and oxygen atoms in total. The molecule has 3 rings (SSSR count). The minimum atomic E-state index is 0.0771. The molecule has 0 bridgehead atoms. The Morgan fingerprint density at radius 2 is 1.92 bits per heavy atom. The number of amides is 1. The first-order valence-electron chi connectivity index (χ1n) is 9.22. The van der Waals surface area contributed by atoms with Crippen LogP contribution in [0, 0.1) is 27.7 Å². The second-order valence-corrected chi connectivity index (χ2v) is 7.15. The Morgan fingerprint density at radius 1 is 1.19 bits per heavy atom. The largest absolute Gasteiger partial charge is 0.354 e. The van der Waals surface area contributed by atoms with Crippen molar-refractivity contribution in [1.29, 1.82) is 0 Å². The monoisotopic (exact) mass is 352 g/mol. The molecule has 0 radical (unpaired) electrons. The highest BCUT2D eigenvalue weighted by Crippen LogP contribution is 2.25. The van der Waals surface area contributed by atoms with Gasteiger partial charge in [-0.15, -0.1) is 0 Å². The van der Waals surface area contributed by atoms with E-state index in [1.54, 1.807) is 0 Å². The van der Waals surface area contributed by atoms with Crippen molar-refractivity contribution in [2.24, 2.45) is 0 Å². The standard InChI is InChI=1S/C21H28N4O/c1-14-12-15(2)25(23-14)16(3)13-22-21(26)10-11-24-18(5)17(4)19-8-6-7-9-20(19)24/h6-9,12,16H,10-11,13H2,1-5H3,(H,22,26). The van der Waals surface area contributed by atoms with E-state index < -0.39 is 0 Å². The van der Waals surface area contributed by atoms with Gasteiger partial charge < -0.3 is 9.88 Å². The van der Waals surface area contributed by atoms with Crippen molar-refractivity contribution in [2.45, 2.75) is 53.6 Å². The first kappa shape index (κ1) is 18.2. The minimum Gasteiger partial charge on any atom is -0.354 e. The topological polar surface area (TPSA) is 51.9 Å². The second-order valence-electron chi connectivity index (χ2n) is 7.15. The Morgan fingerprint density at radius 3 is 2.62 bits per heavy atom. The third kappa shape index (κ3) is 3.52. The zero-order chi connectivity index (χ0) is 18.8. The van der Waals surface area contributed by atoms with Crippen LogP contribution in [0.4, 0.5) is 0 Å². The summed E-state index contributed by atoms with van der Waals surface area (Å²) in [5.41, 5.74) is 5.85. The van der Waals surface area contributed by atoms with Gasteiger partial charge in [0.1, 0.15) is 0 Å². The fraction of sp³-hybridized carbons (Fsp3) is 0.429. The number of nitrogens with one attached hydrogen (secondary N) is 1. The molecule has 0 aliphatic rings. The van der Waals surface area contributed by atoms with E-state index in [0.717, 1.165) is 11.4 Å². The van der Waals surface area contributed by atoms with Crippen LogP contribution in [-0.2, 0) is 11.3 Å². The molecule has 3 aromatic rings. The maximum absolute atomic E-state index is 12.3. The molecule has 1 atom stereocenters. The predicted octanol–water partition coefficient (Wildman–Crippen LogP) is 3.84. The second kappa shape index (κ2) is 7.36. The van der Waals surface area contributed by atoms with E-state index in [-0.39, 0.29) is 11.9 Å². The van der Waals surface area contributed by atoms with Gasteiger partial charge in [-0.1, -0.05) is 18.2 Å². The lowest BCUT2D eigenvalue weighted by atomic mass is 10.2. The molecule has 1 unspecified atom stereocenters. The lowest BCUT2D eigenvalue weighted by Gasteiger charge is -2.15. The first-order chi connectivity index (χ1) is 12.4. The molecular weight excluding hydrogens is 324 g/mol. The number of aromatic nitrogens is 3. The average molecular weight is 352 g/mol. The molecule has 2 aromatic heterocycles. The van der Waals surface area contributed by atoms with Crippen LogP contribution in [0.15, 0.2) is 30.3 Å². The van der Waals surface area contributed by atoms with Crippen LogP contribution in [0.5, 0.6) is 0 Å². The number of rotatable bonds is 6. The van der Waals surface area contributed by atoms with Gasteiger partial charge in [-0.05, 0) is 52.3 Å². The maximum Gasteiger partial charge on any atom is 0.221 e. The number of nitrogens with zero attached hydrogens (tertiary/aromatic N) is 3. The predicted molar refractivity (Wildman–Crippen MR) is 105 cm³/mol. The zero-order valence-corrected chi connectivity index (χ0v) is 16.3. The number of carbonyl (C=O) groups excluding carboxylic acids is 1. The molecule has 0 aliphatic heterocycles. The molecule has 138 valence electrons. The Kier molecular flexibility index (Phi) is 5.16. The summed E-state index contributed by atoms with van der Waals surface area (Å²) in [4.78, 5) is 12.3. The van der Waals surface area contributed by atoms with Crippen LogP contribution in [0.3, 0.4) is 0 Å². The fourth-order valence-corrected chi connectivity index (χ4v) is 3.63. The van der Waals surface area contributed by atoms with Crippen molar-refractivity contribution in [3.05, 3.63) is 53.0 Å². The molecule has 5 heteroatoms. The molecule has 0 saturated carbocycles. The Hall–Kier alpha value is -2.56. The summed E-state index contributed by atoms with van der Waals surface area (Å²) in [6.07, 6.45) is 0.475. The first-order valence-corrected chi connectivity index (χ1v) is 9.22. The van der Waals surface area contributed by atoms with Gasteiger partial charge in [0.25, 0.3) is 0 Å². The molecule has 1 N–H and O–H groups in total. The van der Waals surface area contributed by atoms with Crippen molar-refractivity contribution < 1.29 is 4.79 Å². The number of hydrogen-bond acceptors (Lipinski definition) is 2. The van der Waals surface area contributed by atoms with Crippen molar-refractivity contribution in [1.82, 2.24) is 19.7 Å². The van der Waals surface area contributed by atoms with Gasteiger partial charge in [-0.25, -0.2) is 0 Å². The summed E-state index contributed by atoms with van der Waals surface area (Å²) in [5.74, 6) is 0.0771. The molecule has 0 aliphatic carbocycles. The number of aryl methyl sites for hydroxylation is 4. The Balaban J connectivity index is 1.60. The number of fused-ring (bicyclic) bond motifs is 1. The van der Waals surface area contributed by atoms with E-state index in [1.807, 2.05) is 24.6 Å². The highest BCUT2D eigenvalue weighted by atomic mass is 16.1. The molecule has 0 saturated heterocycles. The van der Waals surface area contributed by atoms with E-state index in [0.29, 0.717) is 19.5 Å². The SMILES string of the molecule is Cc1cc(C)n(C(C)CNC(=O)CCn2c(C)c(C)c3ccccc32)n1. The molecular formula is C21H28N4O. The molecule has 0 fully saturated rings. The van der Waals surface area contributed by atoms with E-state index in [9.17, 15) is 4.79 Å². The van der Waals surface area contributed by atoms with Crippen LogP contribution in [0.1, 0.15) is 42.0 Å². The summed E-state index contributed by atoms with van der Waals surface area (Å²) in [6.45, 7) is 11.7. The molecule has 26 heavy (non-hydrogen) atoms. The maximum atomic E-state index is 12.3. The molecule has 1 aromatic carbocycles. The fourth-order valence-electron chi connectivity index (χ4n) is 3.63. The highest BCUT2D eigenvalue weighted by Gasteiger charge is 2.13. The van der Waals surface area contributed by atoms with Gasteiger partial charge in [0.2, 0.25) is 5.91 Å². The highest BCUT2D eigenvalue weighted by molar-refractivity contribution is 5.85. The van der Waals surface area contributed by atoms with Crippen molar-refractivity contribution in [3.8, 4) is 0 Å². The quantitative estimate of drug-likeness (QED) is 0.733. The van der Waals surface area contributed by atoms with E-state index in [1.165, 1.54) is 22.2 Å². The van der Waals surface area contributed by atoms with Gasteiger partial charge in [0.15, 0.2) is 0 Å². The smallest absolute Gasteiger partial charge is 0.221 e.